The number of nitrogens with one attached hydrogen (secondary N) is 4. The van der Waals surface area contributed by atoms with Crippen molar-refractivity contribution >= 4 is 16.8 Å². The molecular weight excluding hydrogens is 314 g/mol. The molecule has 2 aromatic heterocycles. The third kappa shape index (κ3) is 2.00. The van der Waals surface area contributed by atoms with Gasteiger partial charge in [-0.15, -0.1) is 0 Å². The number of aromatic nitrogens is 3. The monoisotopic (exact) mass is 335 g/mol. The number of hydrogen-bond acceptors (Lipinski definition) is 3. The Balaban J connectivity index is 1.59. The van der Waals surface area contributed by atoms with Crippen molar-refractivity contribution in [3.8, 4) is 11.4 Å². The van der Waals surface area contributed by atoms with Gasteiger partial charge in [-0.05, 0) is 36.7 Å². The van der Waals surface area contributed by atoms with E-state index in [9.17, 15) is 4.79 Å². The number of H-pyrrole nitrogens is 2. The van der Waals surface area contributed by atoms with Crippen LogP contribution in [0.1, 0.15) is 41.8 Å². The number of fused-ring (bicyclic) bond motifs is 5. The molecule has 5 rings (SSSR count). The Morgan fingerprint density at radius 1 is 1.32 bits per heavy atom. The van der Waals surface area contributed by atoms with Crippen LogP contribution in [0.15, 0.2) is 24.4 Å². The Labute approximate surface area is 145 Å². The first-order valence-electron chi connectivity index (χ1n) is 8.77. The summed E-state index contributed by atoms with van der Waals surface area (Å²) < 4.78 is 0. The van der Waals surface area contributed by atoms with Crippen LogP contribution in [0.25, 0.3) is 22.3 Å². The molecule has 1 unspecified atom stereocenters. The first-order chi connectivity index (χ1) is 12.1. The zero-order chi connectivity index (χ0) is 17.2. The molecule has 1 amide bonds. The van der Waals surface area contributed by atoms with E-state index in [1.165, 1.54) is 11.1 Å². The van der Waals surface area contributed by atoms with Gasteiger partial charge in [0.25, 0.3) is 5.91 Å². The zero-order valence-electron chi connectivity index (χ0n) is 14.4. The van der Waals surface area contributed by atoms with Crippen LogP contribution in [-0.4, -0.2) is 40.2 Å². The van der Waals surface area contributed by atoms with Crippen LogP contribution in [0, 0.1) is 0 Å². The van der Waals surface area contributed by atoms with Gasteiger partial charge in [0.15, 0.2) is 0 Å². The molecule has 0 saturated carbocycles. The molecule has 1 aliphatic heterocycles. The van der Waals surface area contributed by atoms with Gasteiger partial charge in [0, 0.05) is 40.0 Å². The minimum absolute atomic E-state index is 0.00143. The lowest BCUT2D eigenvalue weighted by atomic mass is 9.82. The first kappa shape index (κ1) is 14.7. The van der Waals surface area contributed by atoms with Gasteiger partial charge in [-0.2, -0.15) is 5.10 Å². The minimum atomic E-state index is -0.139. The van der Waals surface area contributed by atoms with Crippen molar-refractivity contribution in [3.63, 3.8) is 0 Å². The van der Waals surface area contributed by atoms with Gasteiger partial charge in [0.1, 0.15) is 0 Å². The predicted octanol–water partition coefficient (Wildman–Crippen LogP) is 2.29. The van der Waals surface area contributed by atoms with Gasteiger partial charge in [-0.1, -0.05) is 13.8 Å². The minimum Gasteiger partial charge on any atom is -0.353 e. The van der Waals surface area contributed by atoms with E-state index in [4.69, 9.17) is 0 Å². The lowest BCUT2D eigenvalue weighted by molar-refractivity contribution is 0.0940. The molecule has 6 heteroatoms. The molecule has 1 aliphatic carbocycles. The number of aromatic amines is 2. The Kier molecular flexibility index (Phi) is 2.92. The number of benzene rings is 1. The highest BCUT2D eigenvalue weighted by atomic mass is 16.1. The molecule has 1 aromatic carbocycles. The molecule has 4 N–H and O–H groups in total. The van der Waals surface area contributed by atoms with E-state index in [-0.39, 0.29) is 17.4 Å². The summed E-state index contributed by atoms with van der Waals surface area (Å²) in [5.41, 5.74) is 6.21. The van der Waals surface area contributed by atoms with Gasteiger partial charge in [0.2, 0.25) is 0 Å². The smallest absolute Gasteiger partial charge is 0.251 e. The summed E-state index contributed by atoms with van der Waals surface area (Å²) in [7, 11) is 0. The number of carbonyl (C=O) groups is 1. The summed E-state index contributed by atoms with van der Waals surface area (Å²) in [4.78, 5) is 16.1. The molecule has 1 saturated heterocycles. The van der Waals surface area contributed by atoms with E-state index in [0.29, 0.717) is 5.56 Å². The fourth-order valence-corrected chi connectivity index (χ4v) is 4.30. The highest BCUT2D eigenvalue weighted by Crippen LogP contribution is 2.50. The van der Waals surface area contributed by atoms with Crippen LogP contribution in [0.4, 0.5) is 0 Å². The average molecular weight is 335 g/mol. The number of carbonyl (C=O) groups excluding carboxylic acids is 1. The van der Waals surface area contributed by atoms with Crippen LogP contribution in [0.5, 0.6) is 0 Å². The van der Waals surface area contributed by atoms with E-state index in [2.05, 4.69) is 39.7 Å². The van der Waals surface area contributed by atoms with Gasteiger partial charge < -0.3 is 15.6 Å². The van der Waals surface area contributed by atoms with E-state index < -0.39 is 0 Å². The second-order valence-electron chi connectivity index (χ2n) is 7.58. The predicted molar refractivity (Wildman–Crippen MR) is 96.7 cm³/mol. The van der Waals surface area contributed by atoms with Crippen molar-refractivity contribution in [1.82, 2.24) is 25.8 Å². The maximum Gasteiger partial charge on any atom is 0.251 e. The molecule has 3 aromatic rings. The zero-order valence-corrected chi connectivity index (χ0v) is 14.4. The standard InChI is InChI=1S/C19H21N5O/c1-19(2)13-9-21-24-16(13)17-15(19)12-7-10(3-4-14(12)23-17)18(25)22-11-5-6-20-8-11/h3-4,7,9,11,20,23H,5-6,8H2,1-2H3,(H,21,24)(H,22,25). The summed E-state index contributed by atoms with van der Waals surface area (Å²) in [6.45, 7) is 6.23. The molecule has 3 heterocycles. The second-order valence-corrected chi connectivity index (χ2v) is 7.58. The number of nitrogens with zero attached hydrogens (tertiary/aromatic N) is 1. The van der Waals surface area contributed by atoms with Gasteiger partial charge in [0.05, 0.1) is 17.6 Å². The van der Waals surface area contributed by atoms with E-state index in [1.54, 1.807) is 0 Å². The third-order valence-electron chi connectivity index (χ3n) is 5.64. The van der Waals surface area contributed by atoms with Crippen molar-refractivity contribution in [2.45, 2.75) is 31.7 Å². The van der Waals surface area contributed by atoms with Crippen molar-refractivity contribution in [3.05, 3.63) is 41.1 Å². The number of hydrogen-bond donors (Lipinski definition) is 4. The van der Waals surface area contributed by atoms with Gasteiger partial charge in [-0.25, -0.2) is 0 Å². The summed E-state index contributed by atoms with van der Waals surface area (Å²) in [5, 5.41) is 14.8. The van der Waals surface area contributed by atoms with Crippen LogP contribution in [-0.2, 0) is 5.41 Å². The van der Waals surface area contributed by atoms with Crippen LogP contribution in [0.2, 0.25) is 0 Å². The quantitative estimate of drug-likeness (QED) is 0.580. The Hall–Kier alpha value is -2.60. The second kappa shape index (κ2) is 4.95. The Bertz CT molecular complexity index is 991. The van der Waals surface area contributed by atoms with Crippen LogP contribution < -0.4 is 10.6 Å². The molecule has 1 atom stereocenters. The lowest BCUT2D eigenvalue weighted by Gasteiger charge is -2.19. The number of amides is 1. The topological polar surface area (TPSA) is 85.6 Å². The highest BCUT2D eigenvalue weighted by molar-refractivity contribution is 6.02. The normalized spacial score (nSPS) is 20.6. The van der Waals surface area contributed by atoms with Crippen molar-refractivity contribution in [1.29, 1.82) is 0 Å². The van der Waals surface area contributed by atoms with E-state index in [0.717, 1.165) is 41.8 Å². The number of rotatable bonds is 2. The Morgan fingerprint density at radius 3 is 3.00 bits per heavy atom. The maximum absolute atomic E-state index is 12.6. The SMILES string of the molecule is CC1(C)c2cn[nH]c2-c2[nH]c3ccc(C(=O)NC4CCNC4)cc3c21. The molecule has 0 bridgehead atoms. The van der Waals surface area contributed by atoms with Gasteiger partial charge >= 0.3 is 0 Å². The highest BCUT2D eigenvalue weighted by Gasteiger charge is 2.40. The molecular formula is C19H21N5O. The lowest BCUT2D eigenvalue weighted by Crippen LogP contribution is -2.36. The molecule has 6 nitrogen and oxygen atoms in total. The molecule has 25 heavy (non-hydrogen) atoms. The summed E-state index contributed by atoms with van der Waals surface area (Å²) >= 11 is 0. The largest absolute Gasteiger partial charge is 0.353 e. The summed E-state index contributed by atoms with van der Waals surface area (Å²) in [6, 6.07) is 6.14. The van der Waals surface area contributed by atoms with Crippen molar-refractivity contribution < 1.29 is 4.79 Å². The fourth-order valence-electron chi connectivity index (χ4n) is 4.30. The van der Waals surface area contributed by atoms with Crippen LogP contribution >= 0.6 is 0 Å². The fraction of sp³-hybridized carbons (Fsp3) is 0.368. The van der Waals surface area contributed by atoms with Crippen LogP contribution in [0.3, 0.4) is 0 Å². The van der Waals surface area contributed by atoms with E-state index in [1.807, 2.05) is 24.4 Å². The average Bonchev–Trinajstić information content (AvgIpc) is 3.33. The molecule has 0 radical (unpaired) electrons. The molecule has 0 spiro atoms. The summed E-state index contributed by atoms with van der Waals surface area (Å²) in [6.07, 6.45) is 2.89. The van der Waals surface area contributed by atoms with E-state index >= 15 is 0 Å². The third-order valence-corrected chi connectivity index (χ3v) is 5.64. The van der Waals surface area contributed by atoms with Gasteiger partial charge in [-0.3, -0.25) is 9.89 Å². The first-order valence-corrected chi connectivity index (χ1v) is 8.77. The molecule has 128 valence electrons. The van der Waals surface area contributed by atoms with Crippen molar-refractivity contribution in [2.75, 3.05) is 13.1 Å². The molecule has 2 aliphatic rings. The van der Waals surface area contributed by atoms with Crippen molar-refractivity contribution in [2.24, 2.45) is 0 Å². The molecule has 1 fully saturated rings. The summed E-state index contributed by atoms with van der Waals surface area (Å²) in [5.74, 6) is 0.00143. The maximum atomic E-state index is 12.6. The Morgan fingerprint density at radius 2 is 2.20 bits per heavy atom.